The van der Waals surface area contributed by atoms with Gasteiger partial charge in [0.25, 0.3) is 0 Å². The van der Waals surface area contributed by atoms with E-state index in [4.69, 9.17) is 4.74 Å². The monoisotopic (exact) mass is 501 g/mol. The fraction of sp³-hybridized carbons (Fsp3) is 0.484. The van der Waals surface area contributed by atoms with E-state index in [9.17, 15) is 9.59 Å². The van der Waals surface area contributed by atoms with Crippen molar-refractivity contribution in [3.63, 3.8) is 0 Å². The number of aromatic nitrogens is 1. The lowest BCUT2D eigenvalue weighted by atomic mass is 9.70. The summed E-state index contributed by atoms with van der Waals surface area (Å²) in [6.45, 7) is 9.12. The third-order valence-corrected chi connectivity index (χ3v) is 9.60. The summed E-state index contributed by atoms with van der Waals surface area (Å²) >= 11 is 0. The number of hydrogen-bond donors (Lipinski definition) is 3. The van der Waals surface area contributed by atoms with E-state index in [2.05, 4.69) is 36.4 Å². The van der Waals surface area contributed by atoms with Gasteiger partial charge in [-0.25, -0.2) is 4.79 Å². The van der Waals surface area contributed by atoms with Gasteiger partial charge < -0.3 is 20.4 Å². The van der Waals surface area contributed by atoms with Crippen LogP contribution in [-0.2, 0) is 22.4 Å². The first kappa shape index (κ1) is 25.4. The molecule has 2 fully saturated rings. The molecule has 2 saturated carbocycles. The lowest BCUT2D eigenvalue weighted by molar-refractivity contribution is -0.127. The number of H-pyrrole nitrogens is 1. The standard InChI is InChI=1S/C31H39N3O3/c1-29(2)23-14-16-30(29,3)26(18-23)37-28(36)34-31(4,19-22-20-33-25-13-9-8-12-24(22)25)27(35)32-17-15-21-10-6-5-7-11-21/h5-13,20,23,26,33H,14-19H2,1-4H3,(H,32,35)(H,34,36)/t23-,26+,30+,31?/m1/s1. The van der Waals surface area contributed by atoms with Gasteiger partial charge in [-0.2, -0.15) is 0 Å². The van der Waals surface area contributed by atoms with Gasteiger partial charge in [-0.1, -0.05) is 69.3 Å². The molecule has 4 atom stereocenters. The molecule has 2 aliphatic rings. The fourth-order valence-corrected chi connectivity index (χ4v) is 6.69. The number of nitrogens with one attached hydrogen (secondary N) is 3. The Morgan fingerprint density at radius 2 is 1.81 bits per heavy atom. The Balaban J connectivity index is 1.32. The first-order valence-corrected chi connectivity index (χ1v) is 13.5. The van der Waals surface area contributed by atoms with Gasteiger partial charge >= 0.3 is 6.09 Å². The molecule has 0 saturated heterocycles. The number of benzene rings is 2. The number of amides is 2. The van der Waals surface area contributed by atoms with E-state index in [0.29, 0.717) is 18.9 Å². The molecule has 2 amide bonds. The molecule has 0 radical (unpaired) electrons. The zero-order chi connectivity index (χ0) is 26.3. The van der Waals surface area contributed by atoms with Gasteiger partial charge in [0, 0.05) is 35.5 Å². The number of hydrogen-bond acceptors (Lipinski definition) is 3. The van der Waals surface area contributed by atoms with Gasteiger partial charge in [0.1, 0.15) is 11.6 Å². The summed E-state index contributed by atoms with van der Waals surface area (Å²) in [7, 11) is 0. The van der Waals surface area contributed by atoms with Crippen molar-refractivity contribution < 1.29 is 14.3 Å². The Morgan fingerprint density at radius 1 is 1.08 bits per heavy atom. The van der Waals surface area contributed by atoms with Crippen molar-refractivity contribution in [3.05, 3.63) is 71.9 Å². The average Bonchev–Trinajstić information content (AvgIpc) is 3.43. The first-order valence-electron chi connectivity index (χ1n) is 13.5. The largest absolute Gasteiger partial charge is 0.446 e. The number of carbonyl (C=O) groups excluding carboxylic acids is 2. The van der Waals surface area contributed by atoms with Crippen molar-refractivity contribution in [2.45, 2.75) is 71.4 Å². The van der Waals surface area contributed by atoms with E-state index < -0.39 is 11.6 Å². The second-order valence-electron chi connectivity index (χ2n) is 12.0. The SMILES string of the molecule is CC(Cc1c[nH]c2ccccc12)(NC(=O)O[C@H]1C[C@H]2CC[C@]1(C)C2(C)C)C(=O)NCCc1ccccc1. The molecule has 3 N–H and O–H groups in total. The summed E-state index contributed by atoms with van der Waals surface area (Å²) in [4.78, 5) is 30.2. The molecule has 1 aromatic heterocycles. The highest BCUT2D eigenvalue weighted by Gasteiger charge is 2.63. The van der Waals surface area contributed by atoms with Crippen LogP contribution >= 0.6 is 0 Å². The molecule has 1 unspecified atom stereocenters. The van der Waals surface area contributed by atoms with E-state index in [0.717, 1.165) is 41.3 Å². The van der Waals surface area contributed by atoms with Crippen molar-refractivity contribution in [3.8, 4) is 0 Å². The molecule has 196 valence electrons. The van der Waals surface area contributed by atoms with Crippen molar-refractivity contribution in [2.75, 3.05) is 6.54 Å². The van der Waals surface area contributed by atoms with Crippen LogP contribution in [0.5, 0.6) is 0 Å². The van der Waals surface area contributed by atoms with Gasteiger partial charge in [-0.05, 0) is 61.1 Å². The first-order chi connectivity index (χ1) is 17.6. The topological polar surface area (TPSA) is 83.2 Å². The smallest absolute Gasteiger partial charge is 0.408 e. The van der Waals surface area contributed by atoms with Crippen molar-refractivity contribution in [1.82, 2.24) is 15.6 Å². The quantitative estimate of drug-likeness (QED) is 0.366. The van der Waals surface area contributed by atoms with Crippen LogP contribution < -0.4 is 10.6 Å². The minimum absolute atomic E-state index is 0.0415. The summed E-state index contributed by atoms with van der Waals surface area (Å²) in [6, 6.07) is 18.1. The molecule has 1 heterocycles. The third kappa shape index (κ3) is 4.62. The Labute approximate surface area is 219 Å². The van der Waals surface area contributed by atoms with Crippen LogP contribution in [-0.4, -0.2) is 35.2 Å². The van der Waals surface area contributed by atoms with E-state index in [1.165, 1.54) is 6.42 Å². The van der Waals surface area contributed by atoms with Crippen LogP contribution in [0.1, 0.15) is 58.1 Å². The maximum absolute atomic E-state index is 13.6. The highest BCUT2D eigenvalue weighted by Crippen LogP contribution is 2.66. The molecule has 6 heteroatoms. The Morgan fingerprint density at radius 3 is 2.51 bits per heavy atom. The molecule has 0 aliphatic heterocycles. The van der Waals surface area contributed by atoms with E-state index in [1.54, 1.807) is 6.92 Å². The molecular weight excluding hydrogens is 462 g/mol. The van der Waals surface area contributed by atoms with Crippen molar-refractivity contribution in [2.24, 2.45) is 16.7 Å². The predicted molar refractivity (Wildman–Crippen MR) is 146 cm³/mol. The predicted octanol–water partition coefficient (Wildman–Crippen LogP) is 5.77. The second kappa shape index (κ2) is 9.55. The molecule has 37 heavy (non-hydrogen) atoms. The van der Waals surface area contributed by atoms with Crippen LogP contribution in [0.15, 0.2) is 60.8 Å². The number of carbonyl (C=O) groups is 2. The molecule has 3 aromatic rings. The molecule has 2 aromatic carbocycles. The molecular formula is C31H39N3O3. The normalized spacial score (nSPS) is 25.5. The van der Waals surface area contributed by atoms with Crippen molar-refractivity contribution in [1.29, 1.82) is 0 Å². The number of ether oxygens (including phenoxy) is 1. The van der Waals surface area contributed by atoms with Crippen LogP contribution in [0.4, 0.5) is 4.79 Å². The molecule has 2 bridgehead atoms. The minimum atomic E-state index is -1.17. The van der Waals surface area contributed by atoms with Crippen LogP contribution in [0.25, 0.3) is 10.9 Å². The third-order valence-electron chi connectivity index (χ3n) is 9.60. The van der Waals surface area contributed by atoms with E-state index >= 15 is 0 Å². The van der Waals surface area contributed by atoms with Gasteiger partial charge in [0.15, 0.2) is 0 Å². The van der Waals surface area contributed by atoms with Gasteiger partial charge in [-0.3, -0.25) is 4.79 Å². The van der Waals surface area contributed by atoms with Crippen LogP contribution in [0.2, 0.25) is 0 Å². The maximum atomic E-state index is 13.6. The van der Waals surface area contributed by atoms with Crippen LogP contribution in [0.3, 0.4) is 0 Å². The lowest BCUT2D eigenvalue weighted by Crippen LogP contribution is -2.59. The summed E-state index contributed by atoms with van der Waals surface area (Å²) < 4.78 is 6.07. The van der Waals surface area contributed by atoms with Gasteiger partial charge in [0.05, 0.1) is 0 Å². The summed E-state index contributed by atoms with van der Waals surface area (Å²) in [5.41, 5.74) is 2.06. The fourth-order valence-electron chi connectivity index (χ4n) is 6.69. The van der Waals surface area contributed by atoms with E-state index in [-0.39, 0.29) is 22.8 Å². The zero-order valence-electron chi connectivity index (χ0n) is 22.4. The number of alkyl carbamates (subject to hydrolysis) is 1. The van der Waals surface area contributed by atoms with Gasteiger partial charge in [-0.15, -0.1) is 0 Å². The molecule has 6 nitrogen and oxygen atoms in total. The highest BCUT2D eigenvalue weighted by atomic mass is 16.6. The summed E-state index contributed by atoms with van der Waals surface area (Å²) in [5, 5.41) is 7.09. The number of para-hydroxylation sites is 1. The summed E-state index contributed by atoms with van der Waals surface area (Å²) in [6.07, 6.45) is 5.47. The zero-order valence-corrected chi connectivity index (χ0v) is 22.4. The Hall–Kier alpha value is -3.28. The van der Waals surface area contributed by atoms with Gasteiger partial charge in [0.2, 0.25) is 5.91 Å². The minimum Gasteiger partial charge on any atom is -0.446 e. The molecule has 5 rings (SSSR count). The lowest BCUT2D eigenvalue weighted by Gasteiger charge is -2.39. The van der Waals surface area contributed by atoms with E-state index in [1.807, 2.05) is 60.8 Å². The second-order valence-corrected chi connectivity index (χ2v) is 12.0. The number of rotatable bonds is 8. The maximum Gasteiger partial charge on any atom is 0.408 e. The van der Waals surface area contributed by atoms with Crippen molar-refractivity contribution >= 4 is 22.9 Å². The van der Waals surface area contributed by atoms with Crippen LogP contribution in [0, 0.1) is 16.7 Å². The Kier molecular flexibility index (Phi) is 6.55. The number of aromatic amines is 1. The Bertz CT molecular complexity index is 1280. The highest BCUT2D eigenvalue weighted by molar-refractivity contribution is 5.91. The molecule has 2 aliphatic carbocycles. The number of fused-ring (bicyclic) bond motifs is 3. The molecule has 0 spiro atoms. The average molecular weight is 502 g/mol. The summed E-state index contributed by atoms with van der Waals surface area (Å²) in [5.74, 6) is 0.347.